The standard InChI is InChI=1S/C22H18ClN3O3/c1-13-8-14(2)24-20(13)11-19-18-10-17(26(28)29)6-7-21(18)25(22(19)27)12-15-4-3-5-16(23)9-15/h3-11,24H,12H2,1-2H3/b19-11-. The van der Waals surface area contributed by atoms with Crippen molar-refractivity contribution in [3.8, 4) is 0 Å². The molecule has 0 spiro atoms. The van der Waals surface area contributed by atoms with Crippen molar-refractivity contribution in [2.45, 2.75) is 20.4 Å². The van der Waals surface area contributed by atoms with Gasteiger partial charge in [-0.25, -0.2) is 0 Å². The molecule has 4 rings (SSSR count). The van der Waals surface area contributed by atoms with Crippen LogP contribution in [0.15, 0.2) is 48.5 Å². The van der Waals surface area contributed by atoms with E-state index in [2.05, 4.69) is 4.98 Å². The summed E-state index contributed by atoms with van der Waals surface area (Å²) in [5.41, 5.74) is 5.25. The lowest BCUT2D eigenvalue weighted by Gasteiger charge is -2.17. The second-order valence-electron chi connectivity index (χ2n) is 7.09. The first kappa shape index (κ1) is 19.0. The van der Waals surface area contributed by atoms with Gasteiger partial charge in [0, 0.05) is 34.1 Å². The van der Waals surface area contributed by atoms with Gasteiger partial charge in [0.05, 0.1) is 22.7 Å². The van der Waals surface area contributed by atoms with E-state index in [-0.39, 0.29) is 11.6 Å². The first-order valence-electron chi connectivity index (χ1n) is 9.06. The van der Waals surface area contributed by atoms with Crippen LogP contribution in [0.4, 0.5) is 11.4 Å². The number of fused-ring (bicyclic) bond motifs is 1. The number of carbonyl (C=O) groups excluding carboxylic acids is 1. The fourth-order valence-electron chi connectivity index (χ4n) is 3.62. The molecule has 0 fully saturated rings. The van der Waals surface area contributed by atoms with Gasteiger partial charge in [-0.15, -0.1) is 0 Å². The summed E-state index contributed by atoms with van der Waals surface area (Å²) in [6.07, 6.45) is 1.77. The van der Waals surface area contributed by atoms with Gasteiger partial charge in [-0.3, -0.25) is 14.9 Å². The smallest absolute Gasteiger partial charge is 0.270 e. The van der Waals surface area contributed by atoms with E-state index in [1.54, 1.807) is 29.2 Å². The molecule has 2 heterocycles. The number of rotatable bonds is 4. The fourth-order valence-corrected chi connectivity index (χ4v) is 3.83. The highest BCUT2D eigenvalue weighted by atomic mass is 35.5. The molecule has 1 amide bonds. The normalized spacial score (nSPS) is 14.5. The summed E-state index contributed by atoms with van der Waals surface area (Å²) in [7, 11) is 0. The van der Waals surface area contributed by atoms with E-state index in [0.717, 1.165) is 22.5 Å². The van der Waals surface area contributed by atoms with Gasteiger partial charge in [-0.1, -0.05) is 23.7 Å². The zero-order valence-electron chi connectivity index (χ0n) is 15.9. The van der Waals surface area contributed by atoms with E-state index in [4.69, 9.17) is 11.6 Å². The predicted molar refractivity (Wildman–Crippen MR) is 114 cm³/mol. The number of hydrogen-bond acceptors (Lipinski definition) is 3. The Bertz CT molecular complexity index is 1180. The van der Waals surface area contributed by atoms with Crippen LogP contribution >= 0.6 is 11.6 Å². The number of aryl methyl sites for hydroxylation is 2. The summed E-state index contributed by atoms with van der Waals surface area (Å²) in [6, 6.07) is 13.8. The van der Waals surface area contributed by atoms with E-state index >= 15 is 0 Å². The molecular weight excluding hydrogens is 390 g/mol. The molecule has 1 aliphatic heterocycles. The number of carbonyl (C=O) groups is 1. The minimum atomic E-state index is -0.452. The monoisotopic (exact) mass is 407 g/mol. The van der Waals surface area contributed by atoms with Crippen LogP contribution in [0.1, 0.15) is 28.1 Å². The maximum Gasteiger partial charge on any atom is 0.270 e. The Kier molecular flexibility index (Phi) is 4.72. The Morgan fingerprint density at radius 2 is 1.97 bits per heavy atom. The first-order valence-corrected chi connectivity index (χ1v) is 9.44. The summed E-state index contributed by atoms with van der Waals surface area (Å²) in [6.45, 7) is 4.22. The SMILES string of the molecule is Cc1cc(C)c(/C=C2\C(=O)N(Cc3cccc(Cl)c3)c3ccc([N+](=O)[O-])cc32)[nH]1. The summed E-state index contributed by atoms with van der Waals surface area (Å²) in [5.74, 6) is -0.202. The molecule has 0 atom stereocenters. The number of nitrogens with zero attached hydrogens (tertiary/aromatic N) is 2. The summed E-state index contributed by atoms with van der Waals surface area (Å²) in [5, 5.41) is 11.9. The van der Waals surface area contributed by atoms with Crippen molar-refractivity contribution in [3.63, 3.8) is 0 Å². The largest absolute Gasteiger partial charge is 0.359 e. The van der Waals surface area contributed by atoms with Crippen LogP contribution in [0.2, 0.25) is 5.02 Å². The van der Waals surface area contributed by atoms with Crippen molar-refractivity contribution in [2.75, 3.05) is 4.90 Å². The average molecular weight is 408 g/mol. The zero-order chi connectivity index (χ0) is 20.7. The van der Waals surface area contributed by atoms with Gasteiger partial charge in [0.15, 0.2) is 0 Å². The van der Waals surface area contributed by atoms with Crippen LogP contribution in [-0.2, 0) is 11.3 Å². The third-order valence-corrected chi connectivity index (χ3v) is 5.19. The molecule has 0 saturated heterocycles. The van der Waals surface area contributed by atoms with Gasteiger partial charge >= 0.3 is 0 Å². The Morgan fingerprint density at radius 1 is 1.17 bits per heavy atom. The Morgan fingerprint density at radius 3 is 2.62 bits per heavy atom. The quantitative estimate of drug-likeness (QED) is 0.363. The average Bonchev–Trinajstić information content (AvgIpc) is 3.12. The number of halogens is 1. The molecule has 0 aliphatic carbocycles. The molecule has 1 aliphatic rings. The third kappa shape index (κ3) is 3.54. The number of nitrogens with one attached hydrogen (secondary N) is 1. The molecule has 3 aromatic rings. The number of amides is 1. The summed E-state index contributed by atoms with van der Waals surface area (Å²) in [4.78, 5) is 29.0. The van der Waals surface area contributed by atoms with Crippen molar-refractivity contribution >= 4 is 40.5 Å². The lowest BCUT2D eigenvalue weighted by molar-refractivity contribution is -0.384. The fraction of sp³-hybridized carbons (Fsp3) is 0.136. The van der Waals surface area contributed by atoms with Gasteiger partial charge in [0.1, 0.15) is 0 Å². The van der Waals surface area contributed by atoms with Gasteiger partial charge < -0.3 is 9.88 Å². The summed E-state index contributed by atoms with van der Waals surface area (Å²) < 4.78 is 0. The lowest BCUT2D eigenvalue weighted by Crippen LogP contribution is -2.25. The topological polar surface area (TPSA) is 79.2 Å². The molecule has 6 nitrogen and oxygen atoms in total. The number of nitro groups is 1. The van der Waals surface area contributed by atoms with Crippen molar-refractivity contribution in [2.24, 2.45) is 0 Å². The van der Waals surface area contributed by atoms with Crippen molar-refractivity contribution in [3.05, 3.63) is 91.7 Å². The molecular formula is C22H18ClN3O3. The van der Waals surface area contributed by atoms with Gasteiger partial charge in [0.25, 0.3) is 11.6 Å². The van der Waals surface area contributed by atoms with Crippen molar-refractivity contribution < 1.29 is 9.72 Å². The molecule has 0 saturated carbocycles. The number of benzene rings is 2. The first-order chi connectivity index (χ1) is 13.8. The maximum absolute atomic E-state index is 13.3. The number of hydrogen-bond donors (Lipinski definition) is 1. The third-order valence-electron chi connectivity index (χ3n) is 4.96. The molecule has 29 heavy (non-hydrogen) atoms. The van der Waals surface area contributed by atoms with E-state index in [9.17, 15) is 14.9 Å². The van der Waals surface area contributed by atoms with Crippen molar-refractivity contribution in [1.29, 1.82) is 0 Å². The number of non-ortho nitro benzene ring substituents is 1. The minimum absolute atomic E-state index is 0.0496. The number of nitro benzene ring substituents is 1. The Balaban J connectivity index is 1.83. The molecule has 1 aromatic heterocycles. The molecule has 1 N–H and O–H groups in total. The van der Waals surface area contributed by atoms with Crippen LogP contribution in [-0.4, -0.2) is 15.8 Å². The van der Waals surface area contributed by atoms with Crippen LogP contribution in [0, 0.1) is 24.0 Å². The highest BCUT2D eigenvalue weighted by molar-refractivity contribution is 6.36. The molecule has 146 valence electrons. The molecule has 0 bridgehead atoms. The molecule has 2 aromatic carbocycles. The second kappa shape index (κ2) is 7.22. The predicted octanol–water partition coefficient (Wildman–Crippen LogP) is 5.28. The maximum atomic E-state index is 13.3. The second-order valence-corrected chi connectivity index (χ2v) is 7.52. The van der Waals surface area contributed by atoms with Crippen LogP contribution in [0.3, 0.4) is 0 Å². The van der Waals surface area contributed by atoms with Crippen LogP contribution in [0.25, 0.3) is 11.6 Å². The highest BCUT2D eigenvalue weighted by Gasteiger charge is 2.34. The van der Waals surface area contributed by atoms with Crippen molar-refractivity contribution in [1.82, 2.24) is 4.98 Å². The van der Waals surface area contributed by atoms with Crippen LogP contribution < -0.4 is 4.90 Å². The van der Waals surface area contributed by atoms with Crippen LogP contribution in [0.5, 0.6) is 0 Å². The van der Waals surface area contributed by atoms with Gasteiger partial charge in [-0.05, 0) is 55.3 Å². The Hall–Kier alpha value is -3.38. The molecule has 0 radical (unpaired) electrons. The number of H-pyrrole nitrogens is 1. The number of anilines is 1. The minimum Gasteiger partial charge on any atom is -0.359 e. The van der Waals surface area contributed by atoms with Gasteiger partial charge in [-0.2, -0.15) is 0 Å². The molecule has 7 heteroatoms. The number of aromatic nitrogens is 1. The molecule has 0 unspecified atom stereocenters. The number of aromatic amines is 1. The highest BCUT2D eigenvalue weighted by Crippen LogP contribution is 2.41. The van der Waals surface area contributed by atoms with E-state index in [1.165, 1.54) is 12.1 Å². The van der Waals surface area contributed by atoms with E-state index < -0.39 is 4.92 Å². The summed E-state index contributed by atoms with van der Waals surface area (Å²) >= 11 is 6.08. The van der Waals surface area contributed by atoms with E-state index in [1.807, 2.05) is 32.0 Å². The zero-order valence-corrected chi connectivity index (χ0v) is 16.7. The van der Waals surface area contributed by atoms with E-state index in [0.29, 0.717) is 28.4 Å². The Labute approximate surface area is 172 Å². The van der Waals surface area contributed by atoms with Gasteiger partial charge in [0.2, 0.25) is 0 Å². The lowest BCUT2D eigenvalue weighted by atomic mass is 10.0.